The molecule has 2 amide bonds. The molecule has 9 heteroatoms. The highest BCUT2D eigenvalue weighted by Gasteiger charge is 2.32. The lowest BCUT2D eigenvalue weighted by atomic mass is 10.2. The van der Waals surface area contributed by atoms with Crippen LogP contribution >= 0.6 is 24.0 Å². The van der Waals surface area contributed by atoms with Crippen molar-refractivity contribution in [1.82, 2.24) is 4.90 Å². The van der Waals surface area contributed by atoms with Gasteiger partial charge in [-0.15, -0.1) is 0 Å². The number of hydrogen-bond acceptors (Lipinski definition) is 6. The second kappa shape index (κ2) is 9.55. The van der Waals surface area contributed by atoms with E-state index in [-0.39, 0.29) is 30.3 Å². The number of ether oxygens (including phenoxy) is 1. The van der Waals surface area contributed by atoms with Crippen LogP contribution in [0.4, 0.5) is 5.69 Å². The average Bonchev–Trinajstić information content (AvgIpc) is 2.99. The Labute approximate surface area is 182 Å². The number of para-hydroxylation sites is 1. The third kappa shape index (κ3) is 5.05. The number of thioether (sulfide) groups is 1. The van der Waals surface area contributed by atoms with Crippen LogP contribution < -0.4 is 10.1 Å². The van der Waals surface area contributed by atoms with Crippen molar-refractivity contribution < 1.29 is 24.2 Å². The van der Waals surface area contributed by atoms with E-state index < -0.39 is 5.97 Å². The molecule has 1 fully saturated rings. The summed E-state index contributed by atoms with van der Waals surface area (Å²) in [6.45, 7) is 0.123. The molecule has 0 unspecified atom stereocenters. The Kier molecular flexibility index (Phi) is 6.86. The molecule has 2 N–H and O–H groups in total. The van der Waals surface area contributed by atoms with Crippen molar-refractivity contribution in [2.24, 2.45) is 0 Å². The lowest BCUT2D eigenvalue weighted by Gasteiger charge is -2.14. The van der Waals surface area contributed by atoms with E-state index in [1.807, 2.05) is 18.2 Å². The van der Waals surface area contributed by atoms with Gasteiger partial charge in [0.25, 0.3) is 5.91 Å². The molecule has 30 heavy (non-hydrogen) atoms. The molecule has 0 saturated carbocycles. The molecule has 7 nitrogen and oxygen atoms in total. The second-order valence-electron chi connectivity index (χ2n) is 6.26. The summed E-state index contributed by atoms with van der Waals surface area (Å²) in [4.78, 5) is 37.8. The zero-order chi connectivity index (χ0) is 21.7. The number of anilines is 1. The number of carbonyl (C=O) groups excluding carboxylic acids is 2. The minimum absolute atomic E-state index is 0.0195. The van der Waals surface area contributed by atoms with E-state index in [0.717, 1.165) is 5.56 Å². The molecule has 0 spiro atoms. The first-order chi connectivity index (χ1) is 14.4. The number of aromatic carboxylic acids is 1. The number of rotatable bonds is 7. The van der Waals surface area contributed by atoms with E-state index in [9.17, 15) is 14.4 Å². The fraction of sp³-hybridized carbons (Fsp3) is 0.143. The number of nitrogens with zero attached hydrogens (tertiary/aromatic N) is 1. The number of benzene rings is 2. The molecule has 2 aromatic carbocycles. The molecule has 0 aromatic heterocycles. The Morgan fingerprint density at radius 2 is 2.00 bits per heavy atom. The van der Waals surface area contributed by atoms with Gasteiger partial charge in [0, 0.05) is 24.2 Å². The molecule has 0 aliphatic carbocycles. The van der Waals surface area contributed by atoms with Crippen molar-refractivity contribution >= 4 is 57.8 Å². The third-order valence-corrected chi connectivity index (χ3v) is 5.63. The maximum Gasteiger partial charge on any atom is 0.335 e. The summed E-state index contributed by atoms with van der Waals surface area (Å²) in [6, 6.07) is 13.3. The minimum atomic E-state index is -1.08. The van der Waals surface area contributed by atoms with Gasteiger partial charge in [0.15, 0.2) is 0 Å². The van der Waals surface area contributed by atoms with Gasteiger partial charge in [0.2, 0.25) is 5.91 Å². The van der Waals surface area contributed by atoms with Gasteiger partial charge >= 0.3 is 5.97 Å². The molecular weight excluding hydrogens is 424 g/mol. The van der Waals surface area contributed by atoms with Crippen molar-refractivity contribution in [2.45, 2.75) is 6.42 Å². The fourth-order valence-electron chi connectivity index (χ4n) is 2.79. The van der Waals surface area contributed by atoms with Crippen LogP contribution in [-0.4, -0.2) is 45.8 Å². The lowest BCUT2D eigenvalue weighted by Crippen LogP contribution is -2.31. The zero-order valence-corrected chi connectivity index (χ0v) is 17.6. The smallest absolute Gasteiger partial charge is 0.335 e. The number of carboxylic acid groups (broad SMARTS) is 1. The third-order valence-electron chi connectivity index (χ3n) is 4.25. The highest BCUT2D eigenvalue weighted by atomic mass is 32.2. The Bertz CT molecular complexity index is 1050. The van der Waals surface area contributed by atoms with Crippen molar-refractivity contribution in [3.8, 4) is 5.75 Å². The molecule has 1 heterocycles. The maximum absolute atomic E-state index is 12.7. The topological polar surface area (TPSA) is 95.9 Å². The van der Waals surface area contributed by atoms with E-state index >= 15 is 0 Å². The number of thiocarbonyl (C=S) groups is 1. The van der Waals surface area contributed by atoms with Gasteiger partial charge in [-0.3, -0.25) is 14.5 Å². The van der Waals surface area contributed by atoms with Gasteiger partial charge in [0.1, 0.15) is 10.1 Å². The second-order valence-corrected chi connectivity index (χ2v) is 7.94. The average molecular weight is 443 g/mol. The van der Waals surface area contributed by atoms with E-state index in [1.165, 1.54) is 28.8 Å². The quantitative estimate of drug-likeness (QED) is 0.499. The number of methoxy groups -OCH3 is 1. The molecule has 0 atom stereocenters. The first kappa shape index (κ1) is 21.5. The monoisotopic (exact) mass is 442 g/mol. The molecule has 1 saturated heterocycles. The van der Waals surface area contributed by atoms with Crippen LogP contribution in [-0.2, 0) is 9.59 Å². The van der Waals surface area contributed by atoms with Crippen molar-refractivity contribution in [3.63, 3.8) is 0 Å². The highest BCUT2D eigenvalue weighted by molar-refractivity contribution is 8.26. The van der Waals surface area contributed by atoms with E-state index in [1.54, 1.807) is 31.4 Å². The molecule has 154 valence electrons. The van der Waals surface area contributed by atoms with Crippen LogP contribution in [0.15, 0.2) is 53.4 Å². The zero-order valence-electron chi connectivity index (χ0n) is 16.0. The van der Waals surface area contributed by atoms with Crippen molar-refractivity contribution in [3.05, 3.63) is 64.6 Å². The minimum Gasteiger partial charge on any atom is -0.496 e. The molecule has 1 aliphatic rings. The summed E-state index contributed by atoms with van der Waals surface area (Å²) >= 11 is 6.47. The van der Waals surface area contributed by atoms with Gasteiger partial charge in [-0.05, 0) is 30.3 Å². The number of nitrogens with one attached hydrogen (secondary N) is 1. The molecule has 0 radical (unpaired) electrons. The van der Waals surface area contributed by atoms with Crippen molar-refractivity contribution in [1.29, 1.82) is 0 Å². The van der Waals surface area contributed by atoms with Gasteiger partial charge < -0.3 is 15.2 Å². The first-order valence-corrected chi connectivity index (χ1v) is 10.1. The number of carbonyl (C=O) groups is 3. The summed E-state index contributed by atoms with van der Waals surface area (Å²) in [5.41, 5.74) is 1.21. The van der Waals surface area contributed by atoms with Crippen LogP contribution in [0.3, 0.4) is 0 Å². The Morgan fingerprint density at radius 1 is 1.23 bits per heavy atom. The van der Waals surface area contributed by atoms with Crippen LogP contribution in [0.25, 0.3) is 6.08 Å². The molecule has 0 bridgehead atoms. The van der Waals surface area contributed by atoms with Gasteiger partial charge in [-0.25, -0.2) is 4.79 Å². The number of amides is 2. The summed E-state index contributed by atoms with van der Waals surface area (Å²) < 4.78 is 5.68. The molecular formula is C21H18N2O5S2. The SMILES string of the molecule is COc1ccccc1/C=C1\SC(=S)N(CCC(=O)Nc2cccc(C(=O)O)c2)C1=O. The van der Waals surface area contributed by atoms with Gasteiger partial charge in [-0.2, -0.15) is 0 Å². The molecule has 1 aliphatic heterocycles. The molecule has 2 aromatic rings. The predicted octanol–water partition coefficient (Wildman–Crippen LogP) is 3.62. The van der Waals surface area contributed by atoms with E-state index in [2.05, 4.69) is 5.32 Å². The fourth-order valence-corrected chi connectivity index (χ4v) is 4.09. The Balaban J connectivity index is 1.63. The summed E-state index contributed by atoms with van der Waals surface area (Å²) in [5.74, 6) is -1.05. The van der Waals surface area contributed by atoms with E-state index in [4.69, 9.17) is 22.1 Å². The summed E-state index contributed by atoms with van der Waals surface area (Å²) in [5, 5.41) is 11.7. The Hall–Kier alpha value is -3.17. The van der Waals surface area contributed by atoms with Gasteiger partial charge in [0.05, 0.1) is 17.6 Å². The first-order valence-electron chi connectivity index (χ1n) is 8.90. The maximum atomic E-state index is 12.7. The predicted molar refractivity (Wildman–Crippen MR) is 120 cm³/mol. The summed E-state index contributed by atoms with van der Waals surface area (Å²) in [7, 11) is 1.56. The summed E-state index contributed by atoms with van der Waals surface area (Å²) in [6.07, 6.45) is 1.74. The van der Waals surface area contributed by atoms with Crippen LogP contribution in [0.2, 0.25) is 0 Å². The number of hydrogen-bond donors (Lipinski definition) is 2. The lowest BCUT2D eigenvalue weighted by molar-refractivity contribution is -0.122. The van der Waals surface area contributed by atoms with E-state index in [0.29, 0.717) is 20.7 Å². The highest BCUT2D eigenvalue weighted by Crippen LogP contribution is 2.34. The van der Waals surface area contributed by atoms with Crippen LogP contribution in [0.5, 0.6) is 5.75 Å². The van der Waals surface area contributed by atoms with Crippen LogP contribution in [0, 0.1) is 0 Å². The van der Waals surface area contributed by atoms with Gasteiger partial charge in [-0.1, -0.05) is 48.2 Å². The van der Waals surface area contributed by atoms with Crippen LogP contribution in [0.1, 0.15) is 22.3 Å². The standard InChI is InChI=1S/C21H18N2O5S2/c1-28-16-8-3-2-5-13(16)12-17-19(25)23(21(29)30-17)10-9-18(24)22-15-7-4-6-14(11-15)20(26)27/h2-8,11-12H,9-10H2,1H3,(H,22,24)(H,26,27)/b17-12-. The molecule has 3 rings (SSSR count). The number of carboxylic acids is 1. The Morgan fingerprint density at radius 3 is 2.73 bits per heavy atom. The normalized spacial score (nSPS) is 14.8. The largest absolute Gasteiger partial charge is 0.496 e. The van der Waals surface area contributed by atoms with Crippen molar-refractivity contribution in [2.75, 3.05) is 19.0 Å².